The van der Waals surface area contributed by atoms with Crippen LogP contribution in [-0.4, -0.2) is 86.2 Å². The van der Waals surface area contributed by atoms with Crippen LogP contribution in [0.1, 0.15) is 10.6 Å². The van der Waals surface area contributed by atoms with Gasteiger partial charge in [-0.05, 0) is 18.5 Å². The van der Waals surface area contributed by atoms with Crippen LogP contribution in [0.25, 0.3) is 0 Å². The molecule has 0 saturated carbocycles. The highest BCUT2D eigenvalue weighted by Gasteiger charge is 2.26. The van der Waals surface area contributed by atoms with Gasteiger partial charge in [0, 0.05) is 32.7 Å². The van der Waals surface area contributed by atoms with E-state index < -0.39 is 6.10 Å². The fourth-order valence-electron chi connectivity index (χ4n) is 2.44. The molecule has 0 aromatic carbocycles. The fourth-order valence-corrected chi connectivity index (χ4v) is 3.12. The second-order valence-electron chi connectivity index (χ2n) is 5.18. The van der Waals surface area contributed by atoms with Crippen molar-refractivity contribution in [3.8, 4) is 0 Å². The predicted octanol–water partition coefficient (Wildman–Crippen LogP) is -1.32. The Hall–Kier alpha value is -0.640. The van der Waals surface area contributed by atoms with E-state index in [9.17, 15) is 15.3 Å². The van der Waals surface area contributed by atoms with E-state index in [0.717, 1.165) is 23.7 Å². The zero-order valence-electron chi connectivity index (χ0n) is 11.6. The van der Waals surface area contributed by atoms with Gasteiger partial charge in [0.05, 0.1) is 35.9 Å². The maximum absolute atomic E-state index is 10.1. The van der Waals surface area contributed by atoms with Gasteiger partial charge in [0.25, 0.3) is 0 Å². The third-order valence-corrected chi connectivity index (χ3v) is 4.48. The maximum atomic E-state index is 10.1. The molecule has 0 bridgehead atoms. The van der Waals surface area contributed by atoms with Crippen LogP contribution in [0.5, 0.6) is 0 Å². The summed E-state index contributed by atoms with van der Waals surface area (Å²) in [5, 5.41) is 32.6. The number of β-amino-alcohol motifs (C(OH)–C–C–N with tert-alkyl or cyclic N) is 1. The first-order chi connectivity index (χ1) is 9.63. The SMILES string of the molecule is Cc1nnsc1CN1CCN(C(CO)CO)CC(O)C1. The molecule has 1 unspecified atom stereocenters. The second-order valence-corrected chi connectivity index (χ2v) is 6.02. The number of aryl methyl sites for hydroxylation is 1. The van der Waals surface area contributed by atoms with Crippen LogP contribution in [0.4, 0.5) is 0 Å². The summed E-state index contributed by atoms with van der Waals surface area (Å²) < 4.78 is 3.93. The Bertz CT molecular complexity index is 413. The maximum Gasteiger partial charge on any atom is 0.0794 e. The minimum atomic E-state index is -0.487. The van der Waals surface area contributed by atoms with Gasteiger partial charge < -0.3 is 15.3 Å². The van der Waals surface area contributed by atoms with E-state index in [1.807, 2.05) is 11.8 Å². The molecule has 114 valence electrons. The molecule has 0 aliphatic carbocycles. The van der Waals surface area contributed by atoms with E-state index in [1.165, 1.54) is 11.5 Å². The molecule has 0 amide bonds. The van der Waals surface area contributed by atoms with Gasteiger partial charge in [-0.3, -0.25) is 9.80 Å². The van der Waals surface area contributed by atoms with Crippen LogP contribution in [0.3, 0.4) is 0 Å². The molecule has 2 heterocycles. The Kier molecular flexibility index (Phi) is 5.82. The minimum absolute atomic E-state index is 0.0961. The summed E-state index contributed by atoms with van der Waals surface area (Å²) in [6.45, 7) is 5.03. The molecule has 1 aromatic heterocycles. The highest BCUT2D eigenvalue weighted by atomic mass is 32.1. The van der Waals surface area contributed by atoms with Crippen molar-refractivity contribution in [2.24, 2.45) is 0 Å². The summed E-state index contributed by atoms with van der Waals surface area (Å²) in [5.41, 5.74) is 0.939. The lowest BCUT2D eigenvalue weighted by molar-refractivity contribution is 0.0471. The van der Waals surface area contributed by atoms with Crippen LogP contribution < -0.4 is 0 Å². The molecule has 1 aliphatic heterocycles. The Morgan fingerprint density at radius 1 is 1.30 bits per heavy atom. The number of aromatic nitrogens is 2. The zero-order valence-corrected chi connectivity index (χ0v) is 12.5. The molecule has 1 atom stereocenters. The first-order valence-electron chi connectivity index (χ1n) is 6.78. The van der Waals surface area contributed by atoms with Crippen LogP contribution in [0.2, 0.25) is 0 Å². The van der Waals surface area contributed by atoms with Gasteiger partial charge in [0.2, 0.25) is 0 Å². The zero-order chi connectivity index (χ0) is 14.5. The van der Waals surface area contributed by atoms with Crippen molar-refractivity contribution in [2.75, 3.05) is 39.4 Å². The van der Waals surface area contributed by atoms with Crippen molar-refractivity contribution >= 4 is 11.5 Å². The molecule has 7 nitrogen and oxygen atoms in total. The van der Waals surface area contributed by atoms with E-state index in [1.54, 1.807) is 0 Å². The average molecular weight is 302 g/mol. The van der Waals surface area contributed by atoms with Gasteiger partial charge >= 0.3 is 0 Å². The van der Waals surface area contributed by atoms with Crippen molar-refractivity contribution in [2.45, 2.75) is 25.6 Å². The Morgan fingerprint density at radius 3 is 2.65 bits per heavy atom. The summed E-state index contributed by atoms with van der Waals surface area (Å²) in [5.74, 6) is 0. The van der Waals surface area contributed by atoms with Crippen LogP contribution >= 0.6 is 11.5 Å². The molecule has 0 spiro atoms. The Balaban J connectivity index is 1.96. The van der Waals surface area contributed by atoms with Crippen molar-refractivity contribution in [3.05, 3.63) is 10.6 Å². The smallest absolute Gasteiger partial charge is 0.0794 e. The van der Waals surface area contributed by atoms with Gasteiger partial charge in [0.15, 0.2) is 0 Å². The first-order valence-corrected chi connectivity index (χ1v) is 7.55. The third-order valence-electron chi connectivity index (χ3n) is 3.67. The molecule has 0 radical (unpaired) electrons. The molecule has 20 heavy (non-hydrogen) atoms. The monoisotopic (exact) mass is 302 g/mol. The topological polar surface area (TPSA) is 93.0 Å². The van der Waals surface area contributed by atoms with Crippen molar-refractivity contribution in [3.63, 3.8) is 0 Å². The summed E-state index contributed by atoms with van der Waals surface area (Å²) >= 11 is 1.39. The third kappa shape index (κ3) is 3.94. The Labute approximate surface area is 122 Å². The van der Waals surface area contributed by atoms with E-state index in [-0.39, 0.29) is 19.3 Å². The van der Waals surface area contributed by atoms with E-state index in [2.05, 4.69) is 14.5 Å². The number of aliphatic hydroxyl groups is 3. The first kappa shape index (κ1) is 15.7. The number of nitrogens with zero attached hydrogens (tertiary/aromatic N) is 4. The predicted molar refractivity (Wildman–Crippen MR) is 75.5 cm³/mol. The second kappa shape index (κ2) is 7.39. The molecular formula is C12H22N4O3S. The van der Waals surface area contributed by atoms with Gasteiger partial charge in [-0.1, -0.05) is 4.49 Å². The van der Waals surface area contributed by atoms with Crippen molar-refractivity contribution in [1.82, 2.24) is 19.4 Å². The molecular weight excluding hydrogens is 280 g/mol. The van der Waals surface area contributed by atoms with Crippen molar-refractivity contribution < 1.29 is 15.3 Å². The fraction of sp³-hybridized carbons (Fsp3) is 0.833. The Morgan fingerprint density at radius 2 is 2.05 bits per heavy atom. The highest BCUT2D eigenvalue weighted by molar-refractivity contribution is 7.05. The molecule has 1 aliphatic rings. The molecule has 2 rings (SSSR count). The number of rotatable bonds is 5. The van der Waals surface area contributed by atoms with E-state index >= 15 is 0 Å². The van der Waals surface area contributed by atoms with Crippen LogP contribution in [-0.2, 0) is 6.54 Å². The van der Waals surface area contributed by atoms with Gasteiger partial charge in [-0.2, -0.15) is 0 Å². The van der Waals surface area contributed by atoms with Crippen LogP contribution in [0, 0.1) is 6.92 Å². The lowest BCUT2D eigenvalue weighted by atomic mass is 10.2. The van der Waals surface area contributed by atoms with Crippen LogP contribution in [0.15, 0.2) is 0 Å². The molecule has 3 N–H and O–H groups in total. The van der Waals surface area contributed by atoms with Gasteiger partial charge in [0.1, 0.15) is 0 Å². The standard InChI is InChI=1S/C12H22N4O3S/c1-9-12(20-14-13-9)6-15-2-3-16(5-11(19)4-15)10(7-17)8-18/h10-11,17-19H,2-8H2,1H3. The summed E-state index contributed by atoms with van der Waals surface area (Å²) in [6.07, 6.45) is -0.487. The number of aliphatic hydroxyl groups excluding tert-OH is 3. The lowest BCUT2D eigenvalue weighted by Crippen LogP contribution is -2.44. The van der Waals surface area contributed by atoms with Crippen molar-refractivity contribution in [1.29, 1.82) is 0 Å². The minimum Gasteiger partial charge on any atom is -0.395 e. The molecule has 1 fully saturated rings. The lowest BCUT2D eigenvalue weighted by Gasteiger charge is -2.28. The van der Waals surface area contributed by atoms with Gasteiger partial charge in [-0.25, -0.2) is 0 Å². The summed E-state index contributed by atoms with van der Waals surface area (Å²) in [4.78, 5) is 5.23. The normalized spacial score (nSPS) is 22.4. The molecule has 1 saturated heterocycles. The number of hydrogen-bond donors (Lipinski definition) is 3. The van der Waals surface area contributed by atoms with Gasteiger partial charge in [-0.15, -0.1) is 5.10 Å². The van der Waals surface area contributed by atoms with E-state index in [4.69, 9.17) is 0 Å². The largest absolute Gasteiger partial charge is 0.395 e. The number of hydrogen-bond acceptors (Lipinski definition) is 8. The molecule has 1 aromatic rings. The highest BCUT2D eigenvalue weighted by Crippen LogP contribution is 2.15. The quantitative estimate of drug-likeness (QED) is 0.621. The summed E-state index contributed by atoms with van der Waals surface area (Å²) in [7, 11) is 0. The van der Waals surface area contributed by atoms with E-state index in [0.29, 0.717) is 19.6 Å². The summed E-state index contributed by atoms with van der Waals surface area (Å²) in [6, 6.07) is -0.295. The molecule has 8 heteroatoms. The average Bonchev–Trinajstić information content (AvgIpc) is 2.72.